The molecule has 3 atom stereocenters. The Bertz CT molecular complexity index is 1020. The van der Waals surface area contributed by atoms with Crippen LogP contribution in [0, 0.1) is 24.5 Å². The number of halogens is 2. The molecule has 1 aliphatic rings. The van der Waals surface area contributed by atoms with Gasteiger partial charge in [0.15, 0.2) is 0 Å². The first-order valence-electron chi connectivity index (χ1n) is 10.0. The summed E-state index contributed by atoms with van der Waals surface area (Å²) in [6, 6.07) is 19.5. The molecular formula is C25H25F2NO2. The highest BCUT2D eigenvalue weighted by atomic mass is 19.1. The lowest BCUT2D eigenvalue weighted by Crippen LogP contribution is -2.55. The fraction of sp³-hybridized carbons (Fsp3) is 0.240. The van der Waals surface area contributed by atoms with E-state index < -0.39 is 6.10 Å². The van der Waals surface area contributed by atoms with Crippen molar-refractivity contribution in [3.63, 3.8) is 0 Å². The maximum Gasteiger partial charge on any atom is 0.233 e. The van der Waals surface area contributed by atoms with Gasteiger partial charge in [-0.25, -0.2) is 8.78 Å². The Morgan fingerprint density at radius 3 is 2.10 bits per heavy atom. The molecule has 0 saturated carbocycles. The van der Waals surface area contributed by atoms with Gasteiger partial charge in [-0.1, -0.05) is 42.0 Å². The zero-order chi connectivity index (χ0) is 21.3. The van der Waals surface area contributed by atoms with Gasteiger partial charge >= 0.3 is 0 Å². The van der Waals surface area contributed by atoms with Crippen LogP contribution >= 0.6 is 0 Å². The van der Waals surface area contributed by atoms with Crippen LogP contribution in [-0.2, 0) is 4.79 Å². The predicted octanol–water partition coefficient (Wildman–Crippen LogP) is 5.74. The van der Waals surface area contributed by atoms with Crippen LogP contribution in [0.1, 0.15) is 43.1 Å². The summed E-state index contributed by atoms with van der Waals surface area (Å²) >= 11 is 0. The van der Waals surface area contributed by atoms with Gasteiger partial charge in [-0.2, -0.15) is 0 Å². The Labute approximate surface area is 176 Å². The third-order valence-corrected chi connectivity index (χ3v) is 5.74. The van der Waals surface area contributed by atoms with E-state index in [4.69, 9.17) is 0 Å². The minimum atomic E-state index is -0.767. The maximum absolute atomic E-state index is 13.4. The first kappa shape index (κ1) is 20.2. The number of aliphatic hydroxyl groups is 1. The van der Waals surface area contributed by atoms with Gasteiger partial charge in [0.1, 0.15) is 11.6 Å². The third kappa shape index (κ3) is 3.98. The first-order valence-corrected chi connectivity index (χ1v) is 10.0. The van der Waals surface area contributed by atoms with Crippen LogP contribution < -0.4 is 4.90 Å². The van der Waals surface area contributed by atoms with Gasteiger partial charge in [0, 0.05) is 7.11 Å². The van der Waals surface area contributed by atoms with Gasteiger partial charge in [0.2, 0.25) is 5.91 Å². The van der Waals surface area contributed by atoms with Crippen molar-refractivity contribution >= 4 is 11.6 Å². The Morgan fingerprint density at radius 2 is 1.50 bits per heavy atom. The number of hydrogen-bond donors (Lipinski definition) is 1. The molecular weight excluding hydrogens is 384 g/mol. The molecule has 0 unspecified atom stereocenters. The number of amides is 1. The molecule has 0 aliphatic carbocycles. The smallest absolute Gasteiger partial charge is 0.233 e. The van der Waals surface area contributed by atoms with Crippen LogP contribution in [-0.4, -0.2) is 11.0 Å². The molecule has 1 N–H and O–H groups in total. The number of carbonyl (C=O) groups is 1. The molecule has 5 heteroatoms. The minimum Gasteiger partial charge on any atom is -0.388 e. The molecule has 3 aromatic rings. The highest BCUT2D eigenvalue weighted by molar-refractivity contribution is 6.03. The molecule has 1 amide bonds. The number of hydrogen-bond acceptors (Lipinski definition) is 2. The predicted molar refractivity (Wildman–Crippen MR) is 114 cm³/mol. The topological polar surface area (TPSA) is 40.5 Å². The minimum absolute atomic E-state index is 0. The second kappa shape index (κ2) is 8.36. The lowest BCUT2D eigenvalue weighted by molar-refractivity contribution is -0.131. The summed E-state index contributed by atoms with van der Waals surface area (Å²) in [6.45, 7) is 2.00. The average Bonchev–Trinajstić information content (AvgIpc) is 2.74. The number of carbonyl (C=O) groups excluding carboxylic acids is 1. The van der Waals surface area contributed by atoms with Crippen molar-refractivity contribution in [1.29, 1.82) is 0 Å². The Morgan fingerprint density at radius 1 is 0.933 bits per heavy atom. The molecule has 0 spiro atoms. The van der Waals surface area contributed by atoms with Gasteiger partial charge in [0.25, 0.3) is 0 Å². The fourth-order valence-corrected chi connectivity index (χ4v) is 4.05. The largest absolute Gasteiger partial charge is 0.388 e. The van der Waals surface area contributed by atoms with Crippen molar-refractivity contribution in [3.8, 4) is 0 Å². The molecule has 3 aromatic carbocycles. The van der Waals surface area contributed by atoms with Gasteiger partial charge in [-0.05, 0) is 67.3 Å². The van der Waals surface area contributed by atoms with Crippen molar-refractivity contribution in [2.75, 3.05) is 4.90 Å². The van der Waals surface area contributed by atoms with Gasteiger partial charge < -0.3 is 10.0 Å². The maximum atomic E-state index is 13.4. The van der Waals surface area contributed by atoms with Crippen molar-refractivity contribution in [1.82, 2.24) is 0 Å². The van der Waals surface area contributed by atoms with Crippen LogP contribution in [0.3, 0.4) is 0 Å². The molecule has 1 fully saturated rings. The summed E-state index contributed by atoms with van der Waals surface area (Å²) in [5, 5.41) is 10.5. The standard InChI is InChI=1S/C25H23F2NO2.H2/c1-16-2-4-18(5-3-16)24-22(14-15-23(29)17-6-8-19(26)9-7-17)25(30)28(24)21-12-10-20(27)11-13-21;/h2-13,22-24,29H,14-15H2,1H3;1H/t22-,23+,24-;/m1./s1. The van der Waals surface area contributed by atoms with Crippen LogP contribution in [0.4, 0.5) is 14.5 Å². The van der Waals surface area contributed by atoms with Crippen LogP contribution in [0.5, 0.6) is 0 Å². The summed E-state index contributed by atoms with van der Waals surface area (Å²) in [5.74, 6) is -1.03. The van der Waals surface area contributed by atoms with Crippen molar-refractivity contribution in [2.24, 2.45) is 5.92 Å². The third-order valence-electron chi connectivity index (χ3n) is 5.74. The molecule has 0 aromatic heterocycles. The van der Waals surface area contributed by atoms with E-state index >= 15 is 0 Å². The molecule has 156 valence electrons. The summed E-state index contributed by atoms with van der Waals surface area (Å²) in [7, 11) is 0. The highest BCUT2D eigenvalue weighted by Gasteiger charge is 2.48. The summed E-state index contributed by atoms with van der Waals surface area (Å²) in [6.07, 6.45) is 0.117. The summed E-state index contributed by atoms with van der Waals surface area (Å²) in [5.41, 5.74) is 3.42. The normalized spacial score (nSPS) is 19.5. The zero-order valence-corrected chi connectivity index (χ0v) is 16.6. The number of aryl methyl sites for hydroxylation is 1. The number of nitrogens with zero attached hydrogens (tertiary/aromatic N) is 1. The number of rotatable bonds is 6. The number of anilines is 1. The number of β-lactam (4-membered cyclic amide) rings is 1. The van der Waals surface area contributed by atoms with Crippen molar-refractivity contribution < 1.29 is 20.1 Å². The zero-order valence-electron chi connectivity index (χ0n) is 16.6. The molecule has 3 nitrogen and oxygen atoms in total. The van der Waals surface area contributed by atoms with Gasteiger partial charge in [-0.3, -0.25) is 4.79 Å². The lowest BCUT2D eigenvalue weighted by Gasteiger charge is -2.48. The van der Waals surface area contributed by atoms with Crippen molar-refractivity contribution in [3.05, 3.63) is 101 Å². The van der Waals surface area contributed by atoms with E-state index in [2.05, 4.69) is 0 Å². The lowest BCUT2D eigenvalue weighted by atomic mass is 9.78. The molecule has 0 bridgehead atoms. The number of benzene rings is 3. The second-order valence-electron chi connectivity index (χ2n) is 7.79. The van der Waals surface area contributed by atoms with Gasteiger partial charge in [0.05, 0.1) is 18.1 Å². The quantitative estimate of drug-likeness (QED) is 0.528. The summed E-state index contributed by atoms with van der Waals surface area (Å²) in [4.78, 5) is 14.7. The molecule has 1 saturated heterocycles. The first-order chi connectivity index (χ1) is 14.4. The van der Waals surface area contributed by atoms with Crippen LogP contribution in [0.2, 0.25) is 0 Å². The van der Waals surface area contributed by atoms with E-state index in [-0.39, 0.29) is 30.9 Å². The van der Waals surface area contributed by atoms with Gasteiger partial charge in [-0.15, -0.1) is 0 Å². The van der Waals surface area contributed by atoms with Crippen LogP contribution in [0.25, 0.3) is 0 Å². The fourth-order valence-electron chi connectivity index (χ4n) is 4.05. The van der Waals surface area contributed by atoms with E-state index in [0.717, 1.165) is 11.1 Å². The van der Waals surface area contributed by atoms with Crippen molar-refractivity contribution in [2.45, 2.75) is 31.9 Å². The highest BCUT2D eigenvalue weighted by Crippen LogP contribution is 2.46. The summed E-state index contributed by atoms with van der Waals surface area (Å²) < 4.78 is 26.5. The monoisotopic (exact) mass is 409 g/mol. The van der Waals surface area contributed by atoms with Crippen LogP contribution in [0.15, 0.2) is 72.8 Å². The Balaban J connectivity index is 0.00000272. The molecule has 30 heavy (non-hydrogen) atoms. The van der Waals surface area contributed by atoms with E-state index in [0.29, 0.717) is 24.1 Å². The van der Waals surface area contributed by atoms with E-state index in [1.54, 1.807) is 29.2 Å². The molecule has 0 radical (unpaired) electrons. The van der Waals surface area contributed by atoms with E-state index in [9.17, 15) is 18.7 Å². The Kier molecular flexibility index (Phi) is 5.64. The second-order valence-corrected chi connectivity index (χ2v) is 7.79. The Hall–Kier alpha value is -3.05. The molecule has 1 aliphatic heterocycles. The SMILES string of the molecule is Cc1ccc([C@@H]2[C@@H](CC[C@H](O)c3ccc(F)cc3)C(=O)N2c2ccc(F)cc2)cc1.[HH]. The van der Waals surface area contributed by atoms with E-state index in [1.165, 1.54) is 24.3 Å². The molecule has 4 rings (SSSR count). The molecule has 1 heterocycles. The average molecular weight is 409 g/mol. The van der Waals surface area contributed by atoms with E-state index in [1.807, 2.05) is 31.2 Å². The number of aliphatic hydroxyl groups excluding tert-OH is 1.